The highest BCUT2D eigenvalue weighted by Gasteiger charge is 2.29. The van der Waals surface area contributed by atoms with E-state index >= 15 is 0 Å². The van der Waals surface area contributed by atoms with Gasteiger partial charge in [0.2, 0.25) is 6.79 Å². The van der Waals surface area contributed by atoms with Gasteiger partial charge in [-0.1, -0.05) is 13.0 Å². The van der Waals surface area contributed by atoms with Crippen molar-refractivity contribution in [1.82, 2.24) is 25.2 Å². The van der Waals surface area contributed by atoms with Crippen LogP contribution in [0, 0.1) is 13.8 Å². The van der Waals surface area contributed by atoms with Crippen LogP contribution in [0.15, 0.2) is 30.7 Å². The Bertz CT molecular complexity index is 1470. The number of carbonyl (C=O) groups excluding carboxylic acids is 4. The average molecular weight is 569 g/mol. The van der Waals surface area contributed by atoms with Crippen molar-refractivity contribution in [3.8, 4) is 0 Å². The number of hydrogen-bond acceptors (Lipinski definition) is 9. The minimum absolute atomic E-state index is 0.0458. The van der Waals surface area contributed by atoms with Gasteiger partial charge in [0, 0.05) is 24.8 Å². The molecule has 0 aliphatic carbocycles. The largest absolute Gasteiger partial charge is 0.481 e. The van der Waals surface area contributed by atoms with Crippen molar-refractivity contribution in [2.75, 3.05) is 24.8 Å². The zero-order chi connectivity index (χ0) is 30.1. The van der Waals surface area contributed by atoms with Crippen molar-refractivity contribution in [1.29, 1.82) is 0 Å². The van der Waals surface area contributed by atoms with E-state index in [1.54, 1.807) is 32.9 Å². The number of rotatable bonds is 12. The first-order chi connectivity index (χ1) is 19.6. The molecule has 0 aliphatic rings. The standard InChI is InChI=1S/C27H32N6O8/c1-5-11-29-25(37)18-8-7-16(3)20(12-18)33(27(39)41-15-40-22(36)10-9-21(34)35)24-23-17(4)19(26(38)28-6-2)13-32(23)31-14-30-24/h7-8,12-14H,5-6,9-11,15H2,1-4H3,(H,28,38)(H,29,37)(H,34,35). The summed E-state index contributed by atoms with van der Waals surface area (Å²) < 4.78 is 11.5. The Balaban J connectivity index is 2.08. The molecule has 3 rings (SSSR count). The lowest BCUT2D eigenvalue weighted by Gasteiger charge is -2.24. The van der Waals surface area contributed by atoms with Gasteiger partial charge in [-0.2, -0.15) is 5.10 Å². The molecule has 0 aliphatic heterocycles. The topological polar surface area (TPSA) is 182 Å². The molecule has 0 saturated carbocycles. The van der Waals surface area contributed by atoms with Crippen molar-refractivity contribution in [2.45, 2.75) is 47.0 Å². The molecule has 2 aromatic heterocycles. The summed E-state index contributed by atoms with van der Waals surface area (Å²) in [6.45, 7) is 7.17. The fourth-order valence-corrected chi connectivity index (χ4v) is 3.91. The maximum Gasteiger partial charge on any atom is 0.423 e. The monoisotopic (exact) mass is 568 g/mol. The predicted molar refractivity (Wildman–Crippen MR) is 146 cm³/mol. The molecule has 3 aromatic rings. The Morgan fingerprint density at radius 2 is 1.78 bits per heavy atom. The Kier molecular flexibility index (Phi) is 10.3. The van der Waals surface area contributed by atoms with Crippen molar-refractivity contribution in [3.63, 3.8) is 0 Å². The summed E-state index contributed by atoms with van der Waals surface area (Å²) >= 11 is 0. The number of aliphatic carboxylic acids is 1. The van der Waals surface area contributed by atoms with E-state index in [0.29, 0.717) is 35.3 Å². The Hall–Kier alpha value is -5.01. The Labute approximate surface area is 235 Å². The van der Waals surface area contributed by atoms with Crippen LogP contribution in [0.3, 0.4) is 0 Å². The van der Waals surface area contributed by atoms with Gasteiger partial charge < -0.3 is 25.2 Å². The lowest BCUT2D eigenvalue weighted by atomic mass is 10.1. The van der Waals surface area contributed by atoms with Crippen LogP contribution in [-0.2, 0) is 19.1 Å². The van der Waals surface area contributed by atoms with E-state index in [0.717, 1.165) is 11.3 Å². The zero-order valence-corrected chi connectivity index (χ0v) is 23.2. The zero-order valence-electron chi connectivity index (χ0n) is 23.2. The number of carboxylic acids is 1. The maximum atomic E-state index is 13.6. The third-order valence-corrected chi connectivity index (χ3v) is 5.98. The highest BCUT2D eigenvalue weighted by Crippen LogP contribution is 2.34. The number of nitrogens with zero attached hydrogens (tertiary/aromatic N) is 4. The highest BCUT2D eigenvalue weighted by molar-refractivity contribution is 6.04. The third kappa shape index (κ3) is 7.35. The second-order valence-corrected chi connectivity index (χ2v) is 8.93. The molecule has 14 nitrogen and oxygen atoms in total. The van der Waals surface area contributed by atoms with Crippen LogP contribution in [0.2, 0.25) is 0 Å². The van der Waals surface area contributed by atoms with Crippen molar-refractivity contribution in [2.24, 2.45) is 0 Å². The van der Waals surface area contributed by atoms with E-state index in [-0.39, 0.29) is 28.9 Å². The molecular formula is C27H32N6O8. The summed E-state index contributed by atoms with van der Waals surface area (Å²) in [5.41, 5.74) is 2.23. The quantitative estimate of drug-likeness (QED) is 0.217. The Morgan fingerprint density at radius 3 is 2.46 bits per heavy atom. The highest BCUT2D eigenvalue weighted by atomic mass is 16.7. The molecule has 0 radical (unpaired) electrons. The SMILES string of the molecule is CCCNC(=O)c1ccc(C)c(N(C(=O)OCOC(=O)CCC(=O)O)c2ncnn3cc(C(=O)NCC)c(C)c23)c1. The van der Waals surface area contributed by atoms with Crippen LogP contribution in [0.25, 0.3) is 5.52 Å². The van der Waals surface area contributed by atoms with Crippen LogP contribution in [-0.4, -0.2) is 69.4 Å². The average Bonchev–Trinajstić information content (AvgIpc) is 3.29. The molecule has 1 aromatic carbocycles. The minimum atomic E-state index is -1.18. The van der Waals surface area contributed by atoms with Crippen molar-refractivity contribution in [3.05, 3.63) is 53.0 Å². The van der Waals surface area contributed by atoms with Gasteiger partial charge in [-0.15, -0.1) is 0 Å². The molecule has 218 valence electrons. The van der Waals surface area contributed by atoms with E-state index in [9.17, 15) is 24.0 Å². The third-order valence-electron chi connectivity index (χ3n) is 5.98. The smallest absolute Gasteiger partial charge is 0.423 e. The summed E-state index contributed by atoms with van der Waals surface area (Å²) in [4.78, 5) is 66.9. The molecule has 0 unspecified atom stereocenters. The first kappa shape index (κ1) is 30.5. The number of carbonyl (C=O) groups is 5. The number of benzene rings is 1. The molecule has 2 heterocycles. The molecule has 0 spiro atoms. The summed E-state index contributed by atoms with van der Waals surface area (Å²) in [6, 6.07) is 4.77. The van der Waals surface area contributed by atoms with E-state index in [1.807, 2.05) is 6.92 Å². The van der Waals surface area contributed by atoms with Gasteiger partial charge in [0.05, 0.1) is 24.1 Å². The van der Waals surface area contributed by atoms with Gasteiger partial charge in [-0.3, -0.25) is 19.2 Å². The van der Waals surface area contributed by atoms with Gasteiger partial charge in [0.1, 0.15) is 11.8 Å². The van der Waals surface area contributed by atoms with Crippen LogP contribution >= 0.6 is 0 Å². The number of esters is 1. The minimum Gasteiger partial charge on any atom is -0.481 e. The van der Waals surface area contributed by atoms with Crippen molar-refractivity contribution >= 4 is 46.9 Å². The number of aromatic nitrogens is 3. The number of anilines is 2. The second-order valence-electron chi connectivity index (χ2n) is 8.93. The fraction of sp³-hybridized carbons (Fsp3) is 0.370. The van der Waals surface area contributed by atoms with Crippen molar-refractivity contribution < 1.29 is 38.6 Å². The van der Waals surface area contributed by atoms with Gasteiger partial charge in [-0.25, -0.2) is 19.2 Å². The molecule has 0 atom stereocenters. The molecular weight excluding hydrogens is 536 g/mol. The number of ether oxygens (including phenoxy) is 2. The first-order valence-corrected chi connectivity index (χ1v) is 12.9. The molecule has 3 amide bonds. The van der Waals surface area contributed by atoms with E-state index in [2.05, 4.69) is 20.7 Å². The molecule has 0 saturated heterocycles. The van der Waals surface area contributed by atoms with E-state index in [4.69, 9.17) is 14.6 Å². The second kappa shape index (κ2) is 13.9. The van der Waals surface area contributed by atoms with Gasteiger partial charge in [0.15, 0.2) is 5.82 Å². The fourth-order valence-electron chi connectivity index (χ4n) is 3.91. The summed E-state index contributed by atoms with van der Waals surface area (Å²) in [5.74, 6) is -2.68. The van der Waals surface area contributed by atoms with Crippen LogP contribution in [0.5, 0.6) is 0 Å². The van der Waals surface area contributed by atoms with E-state index in [1.165, 1.54) is 23.1 Å². The lowest BCUT2D eigenvalue weighted by Crippen LogP contribution is -2.31. The molecule has 41 heavy (non-hydrogen) atoms. The number of amides is 3. The first-order valence-electron chi connectivity index (χ1n) is 12.9. The molecule has 14 heteroatoms. The molecule has 0 fully saturated rings. The summed E-state index contributed by atoms with van der Waals surface area (Å²) in [5, 5.41) is 18.5. The molecule has 0 bridgehead atoms. The number of nitrogens with one attached hydrogen (secondary N) is 2. The van der Waals surface area contributed by atoms with Gasteiger partial charge in [0.25, 0.3) is 11.8 Å². The van der Waals surface area contributed by atoms with Crippen LogP contribution in [0.4, 0.5) is 16.3 Å². The van der Waals surface area contributed by atoms with E-state index < -0.39 is 37.7 Å². The summed E-state index contributed by atoms with van der Waals surface area (Å²) in [7, 11) is 0. The predicted octanol–water partition coefficient (Wildman–Crippen LogP) is 2.88. The van der Waals surface area contributed by atoms with Gasteiger partial charge >= 0.3 is 18.0 Å². The molecule has 3 N–H and O–H groups in total. The van der Waals surface area contributed by atoms with Gasteiger partial charge in [-0.05, 0) is 50.5 Å². The number of aryl methyl sites for hydroxylation is 2. The Morgan fingerprint density at radius 1 is 1.02 bits per heavy atom. The number of hydrogen-bond donors (Lipinski definition) is 3. The number of fused-ring (bicyclic) bond motifs is 1. The normalized spacial score (nSPS) is 10.6. The number of carboxylic acid groups (broad SMARTS) is 1. The van der Waals surface area contributed by atoms with Crippen LogP contribution < -0.4 is 15.5 Å². The maximum absolute atomic E-state index is 13.6. The lowest BCUT2D eigenvalue weighted by molar-refractivity contribution is -0.154. The van der Waals surface area contributed by atoms with Crippen LogP contribution in [0.1, 0.15) is 65.0 Å². The summed E-state index contributed by atoms with van der Waals surface area (Å²) in [6.07, 6.45) is 1.59.